The van der Waals surface area contributed by atoms with Crippen molar-refractivity contribution in [2.45, 2.75) is 44.6 Å². The first kappa shape index (κ1) is 13.2. The molecule has 4 nitrogen and oxygen atoms in total. The average molecular weight is 273 g/mol. The average Bonchev–Trinajstić information content (AvgIpc) is 3.13. The molecule has 1 amide bonds. The highest BCUT2D eigenvalue weighted by molar-refractivity contribution is 5.85. The second-order valence-corrected chi connectivity index (χ2v) is 5.85. The van der Waals surface area contributed by atoms with Crippen LogP contribution in [0.2, 0.25) is 0 Å². The Hall–Kier alpha value is -1.84. The Morgan fingerprint density at radius 2 is 2.00 bits per heavy atom. The molecule has 0 aliphatic heterocycles. The molecular formula is C16H19NO3. The van der Waals surface area contributed by atoms with Crippen LogP contribution in [0.5, 0.6) is 0 Å². The van der Waals surface area contributed by atoms with Crippen LogP contribution < -0.4 is 5.32 Å². The summed E-state index contributed by atoms with van der Waals surface area (Å²) < 4.78 is 0. The van der Waals surface area contributed by atoms with Gasteiger partial charge in [0.25, 0.3) is 0 Å². The maximum Gasteiger partial charge on any atom is 0.326 e. The van der Waals surface area contributed by atoms with E-state index in [0.717, 1.165) is 31.2 Å². The highest BCUT2D eigenvalue weighted by Gasteiger charge is 2.37. The summed E-state index contributed by atoms with van der Waals surface area (Å²) in [5.41, 5.74) is 3.70. The largest absolute Gasteiger partial charge is 0.480 e. The van der Waals surface area contributed by atoms with Crippen LogP contribution >= 0.6 is 0 Å². The molecule has 106 valence electrons. The van der Waals surface area contributed by atoms with Crippen molar-refractivity contribution in [2.75, 3.05) is 0 Å². The van der Waals surface area contributed by atoms with E-state index in [1.165, 1.54) is 17.5 Å². The van der Waals surface area contributed by atoms with Crippen LogP contribution in [0.25, 0.3) is 0 Å². The Morgan fingerprint density at radius 1 is 1.25 bits per heavy atom. The zero-order valence-corrected chi connectivity index (χ0v) is 11.4. The molecule has 1 aromatic rings. The van der Waals surface area contributed by atoms with Crippen LogP contribution in [0.4, 0.5) is 0 Å². The van der Waals surface area contributed by atoms with Gasteiger partial charge in [0.05, 0.1) is 6.42 Å². The van der Waals surface area contributed by atoms with Gasteiger partial charge in [0, 0.05) is 0 Å². The number of hydrogen-bond donors (Lipinski definition) is 2. The van der Waals surface area contributed by atoms with Gasteiger partial charge in [-0.15, -0.1) is 0 Å². The summed E-state index contributed by atoms with van der Waals surface area (Å²) in [6, 6.07) is 5.46. The van der Waals surface area contributed by atoms with Crippen LogP contribution in [0.3, 0.4) is 0 Å². The predicted molar refractivity (Wildman–Crippen MR) is 74.5 cm³/mol. The fourth-order valence-electron chi connectivity index (χ4n) is 2.96. The smallest absolute Gasteiger partial charge is 0.326 e. The minimum Gasteiger partial charge on any atom is -0.480 e. The van der Waals surface area contributed by atoms with Crippen LogP contribution in [-0.4, -0.2) is 23.0 Å². The number of amides is 1. The standard InChI is InChI=1S/C16H19NO3/c18-14(17-15(16(19)20)12-6-7-12)9-10-4-5-11-2-1-3-13(11)8-10/h4-5,8,12,15H,1-3,6-7,9H2,(H,17,18)(H,19,20). The molecule has 1 aromatic carbocycles. The number of hydrogen-bond acceptors (Lipinski definition) is 2. The molecule has 2 aliphatic carbocycles. The van der Waals surface area contributed by atoms with E-state index in [-0.39, 0.29) is 18.2 Å². The van der Waals surface area contributed by atoms with Crippen LogP contribution in [-0.2, 0) is 28.9 Å². The van der Waals surface area contributed by atoms with Gasteiger partial charge in [-0.05, 0) is 54.7 Å². The maximum absolute atomic E-state index is 12.0. The fraction of sp³-hybridized carbons (Fsp3) is 0.500. The van der Waals surface area contributed by atoms with Gasteiger partial charge in [0.15, 0.2) is 0 Å². The first-order valence-corrected chi connectivity index (χ1v) is 7.26. The summed E-state index contributed by atoms with van der Waals surface area (Å²) in [5.74, 6) is -0.992. The normalized spacial score (nSPS) is 18.4. The number of carbonyl (C=O) groups excluding carboxylic acids is 1. The Labute approximate surface area is 118 Å². The van der Waals surface area contributed by atoms with Crippen molar-refractivity contribution < 1.29 is 14.7 Å². The molecule has 1 saturated carbocycles. The topological polar surface area (TPSA) is 66.4 Å². The monoisotopic (exact) mass is 273 g/mol. The lowest BCUT2D eigenvalue weighted by Crippen LogP contribution is -2.43. The second kappa shape index (κ2) is 5.27. The van der Waals surface area contributed by atoms with Crippen molar-refractivity contribution in [1.29, 1.82) is 0 Å². The number of carboxylic acid groups (broad SMARTS) is 1. The number of benzene rings is 1. The minimum absolute atomic E-state index is 0.122. The van der Waals surface area contributed by atoms with Crippen LogP contribution in [0.15, 0.2) is 18.2 Å². The summed E-state index contributed by atoms with van der Waals surface area (Å²) in [5, 5.41) is 11.8. The number of nitrogens with one attached hydrogen (secondary N) is 1. The predicted octanol–water partition coefficient (Wildman–Crippen LogP) is 1.70. The number of aliphatic carboxylic acids is 1. The molecule has 0 radical (unpaired) electrons. The zero-order valence-electron chi connectivity index (χ0n) is 11.4. The summed E-state index contributed by atoms with van der Waals surface area (Å²) in [4.78, 5) is 23.1. The lowest BCUT2D eigenvalue weighted by Gasteiger charge is -2.13. The summed E-state index contributed by atoms with van der Waals surface area (Å²) in [6.45, 7) is 0. The molecular weight excluding hydrogens is 254 g/mol. The fourth-order valence-corrected chi connectivity index (χ4v) is 2.96. The van der Waals surface area contributed by atoms with Crippen molar-refractivity contribution in [3.8, 4) is 0 Å². The van der Waals surface area contributed by atoms with Crippen molar-refractivity contribution in [3.05, 3.63) is 34.9 Å². The molecule has 3 rings (SSSR count). The summed E-state index contributed by atoms with van der Waals surface area (Å²) >= 11 is 0. The van der Waals surface area contributed by atoms with E-state index in [1.54, 1.807) is 0 Å². The molecule has 0 saturated heterocycles. The lowest BCUT2D eigenvalue weighted by molar-refractivity contribution is -0.142. The minimum atomic E-state index is -0.921. The van der Waals surface area contributed by atoms with Crippen molar-refractivity contribution in [3.63, 3.8) is 0 Å². The van der Waals surface area contributed by atoms with Gasteiger partial charge in [0.1, 0.15) is 6.04 Å². The Morgan fingerprint density at radius 3 is 2.70 bits per heavy atom. The molecule has 0 bridgehead atoms. The van der Waals surface area contributed by atoms with Gasteiger partial charge in [-0.3, -0.25) is 4.79 Å². The van der Waals surface area contributed by atoms with Gasteiger partial charge in [0.2, 0.25) is 5.91 Å². The molecule has 2 aliphatic rings. The molecule has 0 spiro atoms. The molecule has 0 heterocycles. The second-order valence-electron chi connectivity index (χ2n) is 5.85. The Bertz CT molecular complexity index is 549. The number of aryl methyl sites for hydroxylation is 2. The van der Waals surface area contributed by atoms with Crippen molar-refractivity contribution >= 4 is 11.9 Å². The zero-order chi connectivity index (χ0) is 14.1. The number of carbonyl (C=O) groups is 2. The van der Waals surface area contributed by atoms with Gasteiger partial charge >= 0.3 is 5.97 Å². The first-order chi connectivity index (χ1) is 9.63. The van der Waals surface area contributed by atoms with Gasteiger partial charge < -0.3 is 10.4 Å². The van der Waals surface area contributed by atoms with E-state index in [4.69, 9.17) is 5.11 Å². The van der Waals surface area contributed by atoms with Crippen molar-refractivity contribution in [2.24, 2.45) is 5.92 Å². The SMILES string of the molecule is O=C(Cc1ccc2c(c1)CCC2)NC(C(=O)O)C1CC1. The highest BCUT2D eigenvalue weighted by Crippen LogP contribution is 2.32. The van der Waals surface area contributed by atoms with Gasteiger partial charge in [-0.2, -0.15) is 0 Å². The van der Waals surface area contributed by atoms with E-state index in [0.29, 0.717) is 0 Å². The van der Waals surface area contributed by atoms with Crippen molar-refractivity contribution in [1.82, 2.24) is 5.32 Å². The molecule has 1 unspecified atom stereocenters. The maximum atomic E-state index is 12.0. The van der Waals surface area contributed by atoms with Gasteiger partial charge in [-0.1, -0.05) is 18.2 Å². The lowest BCUT2D eigenvalue weighted by atomic mass is 10.0. The third-order valence-corrected chi connectivity index (χ3v) is 4.20. The van der Waals surface area contributed by atoms with E-state index in [2.05, 4.69) is 17.4 Å². The number of rotatable bonds is 5. The van der Waals surface area contributed by atoms with E-state index >= 15 is 0 Å². The highest BCUT2D eigenvalue weighted by atomic mass is 16.4. The Kier molecular flexibility index (Phi) is 3.47. The van der Waals surface area contributed by atoms with Crippen LogP contribution in [0, 0.1) is 5.92 Å². The number of fused-ring (bicyclic) bond motifs is 1. The van der Waals surface area contributed by atoms with Gasteiger partial charge in [-0.25, -0.2) is 4.79 Å². The quantitative estimate of drug-likeness (QED) is 0.858. The van der Waals surface area contributed by atoms with E-state index in [9.17, 15) is 9.59 Å². The first-order valence-electron chi connectivity index (χ1n) is 7.26. The Balaban J connectivity index is 1.62. The molecule has 1 atom stereocenters. The number of carboxylic acids is 1. The molecule has 1 fully saturated rings. The molecule has 0 aromatic heterocycles. The molecule has 20 heavy (non-hydrogen) atoms. The summed E-state index contributed by atoms with van der Waals surface area (Å²) in [6.07, 6.45) is 5.47. The molecule has 4 heteroatoms. The summed E-state index contributed by atoms with van der Waals surface area (Å²) in [7, 11) is 0. The van der Waals surface area contributed by atoms with Crippen LogP contribution in [0.1, 0.15) is 36.0 Å². The van der Waals surface area contributed by atoms with E-state index in [1.807, 2.05) is 6.07 Å². The third kappa shape index (κ3) is 2.84. The molecule has 2 N–H and O–H groups in total. The van der Waals surface area contributed by atoms with E-state index < -0.39 is 12.0 Å². The third-order valence-electron chi connectivity index (χ3n) is 4.20.